The predicted molar refractivity (Wildman–Crippen MR) is 75.0 cm³/mol. The SMILES string of the molecule is CCCN1C=C(OC(=O)CC)c2ccccc2S1(=O)=O. The number of benzene rings is 1. The molecule has 0 atom stereocenters. The zero-order valence-electron chi connectivity index (χ0n) is 11.5. The highest BCUT2D eigenvalue weighted by atomic mass is 32.2. The third-order valence-corrected chi connectivity index (χ3v) is 4.77. The fourth-order valence-corrected chi connectivity index (χ4v) is 3.58. The number of fused-ring (bicyclic) bond motifs is 1. The fraction of sp³-hybridized carbons (Fsp3) is 0.357. The van der Waals surface area contributed by atoms with Gasteiger partial charge in [0.1, 0.15) is 0 Å². The molecule has 1 heterocycles. The van der Waals surface area contributed by atoms with Crippen LogP contribution in [0.25, 0.3) is 5.76 Å². The summed E-state index contributed by atoms with van der Waals surface area (Å²) in [4.78, 5) is 11.7. The molecule has 0 N–H and O–H groups in total. The van der Waals surface area contributed by atoms with Crippen LogP contribution in [0.1, 0.15) is 32.3 Å². The Balaban J connectivity index is 2.53. The molecule has 0 radical (unpaired) electrons. The van der Waals surface area contributed by atoms with E-state index in [2.05, 4.69) is 0 Å². The number of carbonyl (C=O) groups excluding carboxylic acids is 1. The van der Waals surface area contributed by atoms with Gasteiger partial charge in [0.25, 0.3) is 10.0 Å². The lowest BCUT2D eigenvalue weighted by atomic mass is 10.2. The van der Waals surface area contributed by atoms with E-state index in [-0.39, 0.29) is 23.0 Å². The molecule has 1 aliphatic rings. The van der Waals surface area contributed by atoms with Gasteiger partial charge in [-0.15, -0.1) is 0 Å². The first-order valence-corrected chi connectivity index (χ1v) is 7.98. The number of ether oxygens (including phenoxy) is 1. The first-order valence-electron chi connectivity index (χ1n) is 6.54. The molecule has 1 aromatic rings. The summed E-state index contributed by atoms with van der Waals surface area (Å²) in [7, 11) is -3.55. The Labute approximate surface area is 118 Å². The van der Waals surface area contributed by atoms with Crippen molar-refractivity contribution < 1.29 is 17.9 Å². The van der Waals surface area contributed by atoms with E-state index in [1.165, 1.54) is 16.6 Å². The molecule has 0 fully saturated rings. The van der Waals surface area contributed by atoms with Gasteiger partial charge in [-0.3, -0.25) is 9.10 Å². The van der Waals surface area contributed by atoms with E-state index >= 15 is 0 Å². The molecule has 0 aliphatic carbocycles. The van der Waals surface area contributed by atoms with Crippen molar-refractivity contribution in [3.63, 3.8) is 0 Å². The molecule has 0 amide bonds. The summed E-state index contributed by atoms with van der Waals surface area (Å²) in [6.07, 6.45) is 2.31. The van der Waals surface area contributed by atoms with Crippen molar-refractivity contribution in [3.8, 4) is 0 Å². The standard InChI is InChI=1S/C14H17NO4S/c1-3-9-15-10-12(19-14(16)4-2)11-7-5-6-8-13(11)20(15,17)18/h5-8,10H,3-4,9H2,1-2H3. The van der Waals surface area contributed by atoms with Gasteiger partial charge < -0.3 is 4.74 Å². The van der Waals surface area contributed by atoms with Crippen LogP contribution in [0.4, 0.5) is 0 Å². The van der Waals surface area contributed by atoms with Crippen molar-refractivity contribution in [2.24, 2.45) is 0 Å². The number of rotatable bonds is 4. The molecule has 108 valence electrons. The normalized spacial score (nSPS) is 16.3. The minimum atomic E-state index is -3.55. The monoisotopic (exact) mass is 295 g/mol. The maximum Gasteiger partial charge on any atom is 0.310 e. The smallest absolute Gasteiger partial charge is 0.310 e. The van der Waals surface area contributed by atoms with Crippen LogP contribution in [0.3, 0.4) is 0 Å². The highest BCUT2D eigenvalue weighted by Crippen LogP contribution is 2.33. The van der Waals surface area contributed by atoms with Gasteiger partial charge in [-0.2, -0.15) is 0 Å². The van der Waals surface area contributed by atoms with Gasteiger partial charge in [-0.05, 0) is 18.6 Å². The van der Waals surface area contributed by atoms with Crippen LogP contribution in [-0.4, -0.2) is 25.2 Å². The quantitative estimate of drug-likeness (QED) is 0.800. The summed E-state index contributed by atoms with van der Waals surface area (Å²) in [6.45, 7) is 3.93. The zero-order valence-corrected chi connectivity index (χ0v) is 12.3. The molecule has 0 bridgehead atoms. The van der Waals surface area contributed by atoms with Gasteiger partial charge in [0.05, 0.1) is 11.1 Å². The largest absolute Gasteiger partial charge is 0.424 e. The minimum absolute atomic E-state index is 0.176. The summed E-state index contributed by atoms with van der Waals surface area (Å²) in [5, 5.41) is 0. The topological polar surface area (TPSA) is 63.7 Å². The van der Waals surface area contributed by atoms with Crippen LogP contribution in [0, 0.1) is 0 Å². The van der Waals surface area contributed by atoms with Crippen LogP contribution >= 0.6 is 0 Å². The van der Waals surface area contributed by atoms with Gasteiger partial charge in [0, 0.05) is 18.5 Å². The van der Waals surface area contributed by atoms with E-state index in [4.69, 9.17) is 4.74 Å². The number of hydrogen-bond acceptors (Lipinski definition) is 4. The number of carbonyl (C=O) groups is 1. The Hall–Kier alpha value is -1.82. The molecule has 20 heavy (non-hydrogen) atoms. The Morgan fingerprint density at radius 3 is 2.60 bits per heavy atom. The Bertz CT molecular complexity index is 649. The lowest BCUT2D eigenvalue weighted by molar-refractivity contribution is -0.136. The molecule has 1 aromatic carbocycles. The van der Waals surface area contributed by atoms with Crippen LogP contribution in [0.2, 0.25) is 0 Å². The maximum atomic E-state index is 12.4. The lowest BCUT2D eigenvalue weighted by Gasteiger charge is -2.27. The minimum Gasteiger partial charge on any atom is -0.424 e. The third-order valence-electron chi connectivity index (χ3n) is 2.96. The second-order valence-corrected chi connectivity index (χ2v) is 6.29. The first-order chi connectivity index (χ1) is 9.50. The number of nitrogens with zero attached hydrogens (tertiary/aromatic N) is 1. The van der Waals surface area contributed by atoms with Crippen LogP contribution < -0.4 is 0 Å². The van der Waals surface area contributed by atoms with Crippen molar-refractivity contribution in [2.45, 2.75) is 31.6 Å². The van der Waals surface area contributed by atoms with Gasteiger partial charge in [-0.25, -0.2) is 8.42 Å². The summed E-state index contributed by atoms with van der Waals surface area (Å²) < 4.78 is 31.4. The van der Waals surface area contributed by atoms with Crippen molar-refractivity contribution in [2.75, 3.05) is 6.54 Å². The third kappa shape index (κ3) is 2.56. The fourth-order valence-electron chi connectivity index (χ4n) is 1.97. The van der Waals surface area contributed by atoms with Crippen molar-refractivity contribution >= 4 is 21.8 Å². The molecular weight excluding hydrogens is 278 g/mol. The van der Waals surface area contributed by atoms with Gasteiger partial charge >= 0.3 is 5.97 Å². The molecule has 0 saturated carbocycles. The van der Waals surface area contributed by atoms with Gasteiger partial charge in [0.15, 0.2) is 5.76 Å². The second-order valence-electron chi connectivity index (χ2n) is 4.43. The van der Waals surface area contributed by atoms with Crippen molar-refractivity contribution in [1.29, 1.82) is 0 Å². The molecule has 0 aromatic heterocycles. The molecule has 2 rings (SSSR count). The molecule has 0 unspecified atom stereocenters. The highest BCUT2D eigenvalue weighted by molar-refractivity contribution is 7.89. The van der Waals surface area contributed by atoms with Crippen LogP contribution in [0.5, 0.6) is 0 Å². The van der Waals surface area contributed by atoms with Gasteiger partial charge in [0.2, 0.25) is 0 Å². The Morgan fingerprint density at radius 1 is 1.25 bits per heavy atom. The molecular formula is C14H17NO4S. The summed E-state index contributed by atoms with van der Waals surface area (Å²) in [5.41, 5.74) is 0.432. The number of sulfonamides is 1. The van der Waals surface area contributed by atoms with Crippen molar-refractivity contribution in [1.82, 2.24) is 4.31 Å². The van der Waals surface area contributed by atoms with E-state index in [1.807, 2.05) is 6.92 Å². The van der Waals surface area contributed by atoms with E-state index in [1.54, 1.807) is 25.1 Å². The molecule has 0 spiro atoms. The van der Waals surface area contributed by atoms with Crippen molar-refractivity contribution in [3.05, 3.63) is 36.0 Å². The zero-order chi connectivity index (χ0) is 14.8. The van der Waals surface area contributed by atoms with Crippen LogP contribution in [-0.2, 0) is 19.6 Å². The summed E-state index contributed by atoms with van der Waals surface area (Å²) >= 11 is 0. The predicted octanol–water partition coefficient (Wildman–Crippen LogP) is 2.35. The average molecular weight is 295 g/mol. The lowest BCUT2D eigenvalue weighted by Crippen LogP contribution is -2.31. The molecule has 0 saturated heterocycles. The average Bonchev–Trinajstić information content (AvgIpc) is 2.44. The van der Waals surface area contributed by atoms with E-state index in [0.29, 0.717) is 18.5 Å². The van der Waals surface area contributed by atoms with Gasteiger partial charge in [-0.1, -0.05) is 26.0 Å². The molecule has 1 aliphatic heterocycles. The number of esters is 1. The Morgan fingerprint density at radius 2 is 1.95 bits per heavy atom. The first kappa shape index (κ1) is 14.6. The molecule has 5 nitrogen and oxygen atoms in total. The van der Waals surface area contributed by atoms with E-state index in [9.17, 15) is 13.2 Å². The Kier molecular flexibility index (Phi) is 4.13. The highest BCUT2D eigenvalue weighted by Gasteiger charge is 2.31. The maximum absolute atomic E-state index is 12.4. The summed E-state index contributed by atoms with van der Waals surface area (Å²) in [6, 6.07) is 6.55. The summed E-state index contributed by atoms with van der Waals surface area (Å²) in [5.74, 6) is -0.0995. The van der Waals surface area contributed by atoms with Crippen LogP contribution in [0.15, 0.2) is 35.4 Å². The molecule has 6 heteroatoms. The number of hydrogen-bond donors (Lipinski definition) is 0. The second kappa shape index (κ2) is 5.66. The van der Waals surface area contributed by atoms with E-state index < -0.39 is 10.0 Å². The van der Waals surface area contributed by atoms with E-state index in [0.717, 1.165) is 0 Å².